The molecule has 3 nitrogen and oxygen atoms in total. The predicted molar refractivity (Wildman–Crippen MR) is 54.2 cm³/mol. The van der Waals surface area contributed by atoms with E-state index in [1.165, 1.54) is 19.1 Å². The fraction of sp³-hybridized carbons (Fsp3) is 0.100. The summed E-state index contributed by atoms with van der Waals surface area (Å²) in [5.74, 6) is -0.239. The van der Waals surface area contributed by atoms with Crippen LogP contribution in [0.4, 0.5) is 0 Å². The molecule has 0 saturated heterocycles. The number of rotatable bonds is 2. The minimum atomic E-state index is -0.239. The summed E-state index contributed by atoms with van der Waals surface area (Å²) >= 11 is 3.13. The fourth-order valence-corrected chi connectivity index (χ4v) is 1.84. The molecule has 1 aromatic carbocycles. The number of nitrogens with zero attached hydrogens (tertiary/aromatic N) is 1. The lowest BCUT2D eigenvalue weighted by molar-refractivity contribution is 0.101. The Morgan fingerprint density at radius 3 is 2.64 bits per heavy atom. The van der Waals surface area contributed by atoms with Crippen LogP contribution in [0.1, 0.15) is 33.2 Å². The molecule has 0 saturated carbocycles. The van der Waals surface area contributed by atoms with Crippen LogP contribution in [-0.4, -0.2) is 12.1 Å². The molecule has 1 aromatic rings. The molecule has 0 heterocycles. The minimum Gasteiger partial charge on any atom is -0.298 e. The largest absolute Gasteiger partial charge is 0.298 e. The number of carbonyl (C=O) groups is 2. The van der Waals surface area contributed by atoms with Crippen LogP contribution in [0.25, 0.3) is 0 Å². The third-order valence-corrected chi connectivity index (χ3v) is 2.63. The molecule has 1 rings (SSSR count). The number of aldehydes is 1. The molecule has 0 aliphatic heterocycles. The van der Waals surface area contributed by atoms with E-state index in [1.54, 1.807) is 0 Å². The first kappa shape index (κ1) is 10.6. The van der Waals surface area contributed by atoms with Gasteiger partial charge in [0, 0.05) is 15.6 Å². The standard InChI is InChI=1S/C10H6BrNO2/c1-6(14)9-7(4-12)2-3-8(5-13)10(9)11/h2-3,5H,1H3. The van der Waals surface area contributed by atoms with Crippen molar-refractivity contribution in [3.05, 3.63) is 33.3 Å². The van der Waals surface area contributed by atoms with Gasteiger partial charge in [-0.2, -0.15) is 5.26 Å². The topological polar surface area (TPSA) is 57.9 Å². The maximum absolute atomic E-state index is 11.2. The van der Waals surface area contributed by atoms with Gasteiger partial charge in [-0.25, -0.2) is 0 Å². The molecule has 0 aromatic heterocycles. The van der Waals surface area contributed by atoms with Crippen LogP contribution in [0.15, 0.2) is 16.6 Å². The molecule has 70 valence electrons. The Morgan fingerprint density at radius 1 is 1.57 bits per heavy atom. The van der Waals surface area contributed by atoms with Crippen LogP contribution in [0.2, 0.25) is 0 Å². The van der Waals surface area contributed by atoms with Gasteiger partial charge in [-0.05, 0) is 35.0 Å². The van der Waals surface area contributed by atoms with E-state index >= 15 is 0 Å². The molecule has 0 aliphatic rings. The molecule has 0 fully saturated rings. The van der Waals surface area contributed by atoms with Crippen molar-refractivity contribution in [2.45, 2.75) is 6.92 Å². The number of hydrogen-bond acceptors (Lipinski definition) is 3. The minimum absolute atomic E-state index is 0.239. The molecular weight excluding hydrogens is 246 g/mol. The van der Waals surface area contributed by atoms with E-state index in [9.17, 15) is 9.59 Å². The SMILES string of the molecule is CC(=O)c1c(C#N)ccc(C=O)c1Br. The lowest BCUT2D eigenvalue weighted by Crippen LogP contribution is -2.01. The first-order valence-electron chi connectivity index (χ1n) is 3.80. The van der Waals surface area contributed by atoms with Crippen LogP contribution in [0.5, 0.6) is 0 Å². The van der Waals surface area contributed by atoms with Crippen molar-refractivity contribution in [3.63, 3.8) is 0 Å². The van der Waals surface area contributed by atoms with Gasteiger partial charge in [-0.1, -0.05) is 0 Å². The number of ketones is 1. The Hall–Kier alpha value is -1.47. The highest BCUT2D eigenvalue weighted by Crippen LogP contribution is 2.24. The van der Waals surface area contributed by atoms with Gasteiger partial charge < -0.3 is 0 Å². The van der Waals surface area contributed by atoms with Crippen molar-refractivity contribution in [1.82, 2.24) is 0 Å². The number of carbonyl (C=O) groups excluding carboxylic acids is 2. The third kappa shape index (κ3) is 1.73. The molecule has 4 heteroatoms. The van der Waals surface area contributed by atoms with Gasteiger partial charge in [-0.3, -0.25) is 9.59 Å². The van der Waals surface area contributed by atoms with Gasteiger partial charge in [0.25, 0.3) is 0 Å². The molecule has 0 amide bonds. The zero-order chi connectivity index (χ0) is 10.7. The zero-order valence-electron chi connectivity index (χ0n) is 7.37. The second-order valence-corrected chi connectivity index (χ2v) is 3.47. The van der Waals surface area contributed by atoms with E-state index in [0.717, 1.165) is 0 Å². The van der Waals surface area contributed by atoms with Crippen molar-refractivity contribution in [1.29, 1.82) is 5.26 Å². The van der Waals surface area contributed by atoms with Crippen molar-refractivity contribution >= 4 is 28.0 Å². The number of hydrogen-bond donors (Lipinski definition) is 0. The average molecular weight is 252 g/mol. The summed E-state index contributed by atoms with van der Waals surface area (Å²) < 4.78 is 0.388. The van der Waals surface area contributed by atoms with Gasteiger partial charge in [0.15, 0.2) is 12.1 Å². The monoisotopic (exact) mass is 251 g/mol. The quantitative estimate of drug-likeness (QED) is 0.599. The summed E-state index contributed by atoms with van der Waals surface area (Å²) in [6.07, 6.45) is 0.637. The zero-order valence-corrected chi connectivity index (χ0v) is 8.96. The second-order valence-electron chi connectivity index (χ2n) is 2.68. The molecule has 0 spiro atoms. The Labute approximate surface area is 89.5 Å². The van der Waals surface area contributed by atoms with E-state index < -0.39 is 0 Å². The highest BCUT2D eigenvalue weighted by Gasteiger charge is 2.14. The van der Waals surface area contributed by atoms with Crippen LogP contribution in [-0.2, 0) is 0 Å². The van der Waals surface area contributed by atoms with Gasteiger partial charge in [0.05, 0.1) is 11.6 Å². The Kier molecular flexibility index (Phi) is 3.15. The lowest BCUT2D eigenvalue weighted by Gasteiger charge is -2.04. The Balaban J connectivity index is 3.56. The maximum Gasteiger partial charge on any atom is 0.162 e. The van der Waals surface area contributed by atoms with E-state index in [2.05, 4.69) is 15.9 Å². The van der Waals surface area contributed by atoms with Crippen LogP contribution >= 0.6 is 15.9 Å². The van der Waals surface area contributed by atoms with Crippen molar-refractivity contribution in [2.75, 3.05) is 0 Å². The van der Waals surface area contributed by atoms with Crippen LogP contribution < -0.4 is 0 Å². The molecule has 0 aliphatic carbocycles. The van der Waals surface area contributed by atoms with Crippen molar-refractivity contribution in [3.8, 4) is 6.07 Å². The van der Waals surface area contributed by atoms with Crippen molar-refractivity contribution < 1.29 is 9.59 Å². The molecule has 0 radical (unpaired) electrons. The highest BCUT2D eigenvalue weighted by molar-refractivity contribution is 9.10. The summed E-state index contributed by atoms with van der Waals surface area (Å²) in [6, 6.07) is 4.87. The first-order chi connectivity index (χ1) is 6.61. The lowest BCUT2D eigenvalue weighted by atomic mass is 10.0. The summed E-state index contributed by atoms with van der Waals surface area (Å²) in [6.45, 7) is 1.36. The maximum atomic E-state index is 11.2. The van der Waals surface area contributed by atoms with E-state index in [-0.39, 0.29) is 16.9 Å². The van der Waals surface area contributed by atoms with Crippen LogP contribution in [0, 0.1) is 11.3 Å². The van der Waals surface area contributed by atoms with E-state index in [4.69, 9.17) is 5.26 Å². The van der Waals surface area contributed by atoms with E-state index in [0.29, 0.717) is 16.3 Å². The normalized spacial score (nSPS) is 9.21. The summed E-state index contributed by atoms with van der Waals surface area (Å²) in [7, 11) is 0. The second kappa shape index (κ2) is 4.16. The molecule has 0 N–H and O–H groups in total. The third-order valence-electron chi connectivity index (χ3n) is 1.77. The first-order valence-corrected chi connectivity index (χ1v) is 4.59. The predicted octanol–water partition coefficient (Wildman–Crippen LogP) is 2.34. The Bertz CT molecular complexity index is 446. The Morgan fingerprint density at radius 2 is 2.21 bits per heavy atom. The molecular formula is C10H6BrNO2. The average Bonchev–Trinajstić information content (AvgIpc) is 2.16. The smallest absolute Gasteiger partial charge is 0.162 e. The van der Waals surface area contributed by atoms with Gasteiger partial charge in [0.1, 0.15) is 0 Å². The van der Waals surface area contributed by atoms with Gasteiger partial charge in [-0.15, -0.1) is 0 Å². The number of nitriles is 1. The molecule has 0 bridgehead atoms. The van der Waals surface area contributed by atoms with Crippen LogP contribution in [0.3, 0.4) is 0 Å². The number of halogens is 1. The summed E-state index contributed by atoms with van der Waals surface area (Å²) in [5.41, 5.74) is 0.904. The number of Topliss-reactive ketones (excluding diaryl/α,β-unsaturated/α-hetero) is 1. The van der Waals surface area contributed by atoms with E-state index in [1.807, 2.05) is 6.07 Å². The summed E-state index contributed by atoms with van der Waals surface area (Å²) in [4.78, 5) is 21.8. The fourth-order valence-electron chi connectivity index (χ4n) is 1.12. The highest BCUT2D eigenvalue weighted by atomic mass is 79.9. The molecule has 0 unspecified atom stereocenters. The van der Waals surface area contributed by atoms with Gasteiger partial charge in [0.2, 0.25) is 0 Å². The number of benzene rings is 1. The van der Waals surface area contributed by atoms with Gasteiger partial charge >= 0.3 is 0 Å². The molecule has 14 heavy (non-hydrogen) atoms. The molecule has 0 atom stereocenters. The summed E-state index contributed by atoms with van der Waals surface area (Å²) in [5, 5.41) is 8.74. The van der Waals surface area contributed by atoms with Crippen molar-refractivity contribution in [2.24, 2.45) is 0 Å².